The van der Waals surface area contributed by atoms with E-state index in [0.29, 0.717) is 16.5 Å². The van der Waals surface area contributed by atoms with Crippen molar-refractivity contribution in [3.8, 4) is 5.75 Å². The Bertz CT molecular complexity index is 471. The Morgan fingerprint density at radius 3 is 2.94 bits per heavy atom. The van der Waals surface area contributed by atoms with Gasteiger partial charge in [-0.25, -0.2) is 0 Å². The van der Waals surface area contributed by atoms with Gasteiger partial charge in [-0.1, -0.05) is 23.8 Å². The lowest BCUT2D eigenvalue weighted by Crippen LogP contribution is -2.23. The van der Waals surface area contributed by atoms with Crippen LogP contribution in [0.1, 0.15) is 19.3 Å². The average molecular weight is 266 g/mol. The lowest BCUT2D eigenvalue weighted by Gasteiger charge is -2.18. The van der Waals surface area contributed by atoms with Gasteiger partial charge < -0.3 is 10.1 Å². The summed E-state index contributed by atoms with van der Waals surface area (Å²) in [4.78, 5) is 12.1. The molecule has 1 atom stereocenters. The van der Waals surface area contributed by atoms with Gasteiger partial charge in [0, 0.05) is 10.9 Å². The smallest absolute Gasteiger partial charge is 0.227 e. The van der Waals surface area contributed by atoms with Crippen molar-refractivity contribution in [1.29, 1.82) is 0 Å². The number of rotatable bonds is 3. The summed E-state index contributed by atoms with van der Waals surface area (Å²) in [6, 6.07) is 5.19. The molecule has 4 heteroatoms. The van der Waals surface area contributed by atoms with E-state index in [-0.39, 0.29) is 11.8 Å². The number of carbonyl (C=O) groups excluding carboxylic acids is 1. The monoisotopic (exact) mass is 265 g/mol. The summed E-state index contributed by atoms with van der Waals surface area (Å²) < 4.78 is 5.20. The molecule has 1 aromatic carbocycles. The molecule has 0 aromatic heterocycles. The van der Waals surface area contributed by atoms with Crippen LogP contribution in [0.25, 0.3) is 0 Å². The number of ether oxygens (including phenoxy) is 1. The molecule has 96 valence electrons. The molecule has 0 heterocycles. The molecule has 0 saturated heterocycles. The molecule has 0 aliphatic heterocycles. The summed E-state index contributed by atoms with van der Waals surface area (Å²) in [7, 11) is 1.57. The molecule has 0 radical (unpaired) electrons. The number of methoxy groups -OCH3 is 1. The Balaban J connectivity index is 2.10. The third kappa shape index (κ3) is 3.05. The molecular weight excluding hydrogens is 250 g/mol. The van der Waals surface area contributed by atoms with Crippen molar-refractivity contribution in [2.75, 3.05) is 12.4 Å². The summed E-state index contributed by atoms with van der Waals surface area (Å²) >= 11 is 5.93. The quantitative estimate of drug-likeness (QED) is 0.848. The third-order valence-corrected chi connectivity index (χ3v) is 3.29. The van der Waals surface area contributed by atoms with Gasteiger partial charge in [-0.05, 0) is 37.5 Å². The van der Waals surface area contributed by atoms with Crippen molar-refractivity contribution in [3.63, 3.8) is 0 Å². The lowest BCUT2D eigenvalue weighted by atomic mass is 9.93. The van der Waals surface area contributed by atoms with Crippen LogP contribution < -0.4 is 10.1 Å². The maximum absolute atomic E-state index is 12.1. The zero-order valence-corrected chi connectivity index (χ0v) is 11.0. The molecule has 1 aliphatic rings. The number of allylic oxidation sites excluding steroid dienone is 2. The number of carbonyl (C=O) groups is 1. The standard InChI is InChI=1S/C14H16ClNO2/c1-18-13-8-7-11(15)9-12(13)16-14(17)10-5-3-2-4-6-10/h2-3,7-10H,4-6H2,1H3,(H,16,17). The van der Waals surface area contributed by atoms with Crippen molar-refractivity contribution < 1.29 is 9.53 Å². The summed E-state index contributed by atoms with van der Waals surface area (Å²) in [6.07, 6.45) is 6.83. The fourth-order valence-electron chi connectivity index (χ4n) is 2.04. The molecule has 1 unspecified atom stereocenters. The summed E-state index contributed by atoms with van der Waals surface area (Å²) in [5.74, 6) is 0.692. The summed E-state index contributed by atoms with van der Waals surface area (Å²) in [5, 5.41) is 3.47. The molecule has 0 bridgehead atoms. The predicted octanol–water partition coefficient (Wildman–Crippen LogP) is 3.64. The van der Waals surface area contributed by atoms with Gasteiger partial charge >= 0.3 is 0 Å². The molecule has 1 amide bonds. The first-order valence-corrected chi connectivity index (χ1v) is 6.38. The molecule has 0 spiro atoms. The number of hydrogen-bond donors (Lipinski definition) is 1. The fraction of sp³-hybridized carbons (Fsp3) is 0.357. The summed E-state index contributed by atoms with van der Waals surface area (Å²) in [6.45, 7) is 0. The largest absolute Gasteiger partial charge is 0.495 e. The van der Waals surface area contributed by atoms with Gasteiger partial charge in [-0.2, -0.15) is 0 Å². The lowest BCUT2D eigenvalue weighted by molar-refractivity contribution is -0.120. The maximum Gasteiger partial charge on any atom is 0.227 e. The van der Waals surface area contributed by atoms with Crippen LogP contribution in [-0.2, 0) is 4.79 Å². The van der Waals surface area contributed by atoms with E-state index < -0.39 is 0 Å². The highest BCUT2D eigenvalue weighted by Gasteiger charge is 2.19. The van der Waals surface area contributed by atoms with Gasteiger partial charge in [0.15, 0.2) is 0 Å². The van der Waals surface area contributed by atoms with E-state index in [1.807, 2.05) is 0 Å². The molecule has 1 aliphatic carbocycles. The molecule has 3 nitrogen and oxygen atoms in total. The number of benzene rings is 1. The number of hydrogen-bond acceptors (Lipinski definition) is 2. The van der Waals surface area contributed by atoms with E-state index >= 15 is 0 Å². The van der Waals surface area contributed by atoms with E-state index in [0.717, 1.165) is 19.3 Å². The van der Waals surface area contributed by atoms with Crippen LogP contribution in [0.4, 0.5) is 5.69 Å². The third-order valence-electron chi connectivity index (χ3n) is 3.06. The van der Waals surface area contributed by atoms with Crippen LogP contribution in [0.3, 0.4) is 0 Å². The van der Waals surface area contributed by atoms with Crippen LogP contribution in [0, 0.1) is 5.92 Å². The topological polar surface area (TPSA) is 38.3 Å². The van der Waals surface area contributed by atoms with E-state index in [9.17, 15) is 4.79 Å². The highest BCUT2D eigenvalue weighted by molar-refractivity contribution is 6.31. The number of nitrogens with one attached hydrogen (secondary N) is 1. The van der Waals surface area contributed by atoms with Crippen molar-refractivity contribution >= 4 is 23.2 Å². The molecule has 0 saturated carbocycles. The first kappa shape index (κ1) is 13.0. The number of amides is 1. The first-order valence-electron chi connectivity index (χ1n) is 6.00. The number of anilines is 1. The normalized spacial score (nSPS) is 18.4. The van der Waals surface area contributed by atoms with E-state index in [1.54, 1.807) is 25.3 Å². The maximum atomic E-state index is 12.1. The SMILES string of the molecule is COc1ccc(Cl)cc1NC(=O)C1CC=CCC1. The van der Waals surface area contributed by atoms with E-state index in [2.05, 4.69) is 17.5 Å². The minimum atomic E-state index is 0.0277. The molecule has 0 fully saturated rings. The Hall–Kier alpha value is -1.48. The van der Waals surface area contributed by atoms with Gasteiger partial charge in [0.2, 0.25) is 5.91 Å². The zero-order chi connectivity index (χ0) is 13.0. The second-order valence-electron chi connectivity index (χ2n) is 4.32. The molecule has 1 N–H and O–H groups in total. The zero-order valence-electron chi connectivity index (χ0n) is 10.3. The molecule has 18 heavy (non-hydrogen) atoms. The minimum absolute atomic E-state index is 0.0277. The number of halogens is 1. The molecule has 1 aromatic rings. The van der Waals surface area contributed by atoms with Crippen molar-refractivity contribution in [1.82, 2.24) is 0 Å². The Kier molecular flexibility index (Phi) is 4.26. The van der Waals surface area contributed by atoms with E-state index in [1.165, 1.54) is 0 Å². The Morgan fingerprint density at radius 2 is 2.28 bits per heavy atom. The van der Waals surface area contributed by atoms with Crippen molar-refractivity contribution in [2.45, 2.75) is 19.3 Å². The average Bonchev–Trinajstić information content (AvgIpc) is 2.40. The van der Waals surface area contributed by atoms with Crippen LogP contribution in [0.15, 0.2) is 30.4 Å². The highest BCUT2D eigenvalue weighted by Crippen LogP contribution is 2.29. The summed E-state index contributed by atoms with van der Waals surface area (Å²) in [5.41, 5.74) is 0.629. The van der Waals surface area contributed by atoms with Gasteiger partial charge in [0.25, 0.3) is 0 Å². The van der Waals surface area contributed by atoms with Crippen LogP contribution in [0.2, 0.25) is 5.02 Å². The molecular formula is C14H16ClNO2. The molecule has 2 rings (SSSR count). The first-order chi connectivity index (χ1) is 8.70. The van der Waals surface area contributed by atoms with Gasteiger partial charge in [-0.3, -0.25) is 4.79 Å². The van der Waals surface area contributed by atoms with Crippen LogP contribution in [0.5, 0.6) is 5.75 Å². The van der Waals surface area contributed by atoms with Crippen molar-refractivity contribution in [3.05, 3.63) is 35.4 Å². The Labute approximate surface area is 112 Å². The Morgan fingerprint density at radius 1 is 1.44 bits per heavy atom. The fourth-order valence-corrected chi connectivity index (χ4v) is 2.22. The predicted molar refractivity (Wildman–Crippen MR) is 73.1 cm³/mol. The van der Waals surface area contributed by atoms with Crippen LogP contribution >= 0.6 is 11.6 Å². The van der Waals surface area contributed by atoms with Gasteiger partial charge in [0.1, 0.15) is 5.75 Å². The highest BCUT2D eigenvalue weighted by atomic mass is 35.5. The minimum Gasteiger partial charge on any atom is -0.495 e. The van der Waals surface area contributed by atoms with Crippen LogP contribution in [-0.4, -0.2) is 13.0 Å². The van der Waals surface area contributed by atoms with Gasteiger partial charge in [-0.15, -0.1) is 0 Å². The second-order valence-corrected chi connectivity index (χ2v) is 4.75. The van der Waals surface area contributed by atoms with E-state index in [4.69, 9.17) is 16.3 Å². The van der Waals surface area contributed by atoms with Crippen molar-refractivity contribution in [2.24, 2.45) is 5.92 Å². The van der Waals surface area contributed by atoms with Gasteiger partial charge in [0.05, 0.1) is 12.8 Å². The second kappa shape index (κ2) is 5.91.